The first kappa shape index (κ1) is 27.7. The van der Waals surface area contributed by atoms with Crippen molar-refractivity contribution in [3.8, 4) is 22.4 Å². The van der Waals surface area contributed by atoms with E-state index in [1.54, 1.807) is 24.3 Å². The summed E-state index contributed by atoms with van der Waals surface area (Å²) in [6.45, 7) is -0.108. The van der Waals surface area contributed by atoms with Crippen LogP contribution >= 0.6 is 11.3 Å². The third kappa shape index (κ3) is 6.94. The van der Waals surface area contributed by atoms with Crippen LogP contribution in [0.25, 0.3) is 10.6 Å². The molecule has 0 atom stereocenters. The van der Waals surface area contributed by atoms with Gasteiger partial charge in [0.1, 0.15) is 40.0 Å². The molecule has 1 fully saturated rings. The molecule has 1 aromatic carbocycles. The number of amides is 3. The number of aromatic nitrogens is 3. The minimum atomic E-state index is -0.519. The van der Waals surface area contributed by atoms with Crippen LogP contribution in [0, 0.1) is 17.2 Å². The Morgan fingerprint density at radius 1 is 1.18 bits per heavy atom. The Labute approximate surface area is 231 Å². The first-order valence-electron chi connectivity index (χ1n) is 12.2. The number of carbonyl (C=O) groups is 3. The molecule has 0 saturated heterocycles. The number of ether oxygens (including phenoxy) is 1. The Kier molecular flexibility index (Phi) is 8.20. The van der Waals surface area contributed by atoms with Crippen LogP contribution in [-0.4, -0.2) is 75.3 Å². The lowest BCUT2D eigenvalue weighted by Crippen LogP contribution is -2.50. The van der Waals surface area contributed by atoms with Gasteiger partial charge in [0.25, 0.3) is 11.8 Å². The molecule has 0 radical (unpaired) electrons. The predicted octanol–water partition coefficient (Wildman–Crippen LogP) is -0.805. The molecule has 16 heteroatoms. The van der Waals surface area contributed by atoms with Gasteiger partial charge >= 0.3 is 0 Å². The highest BCUT2D eigenvalue weighted by Gasteiger charge is 2.30. The summed E-state index contributed by atoms with van der Waals surface area (Å²) in [6, 6.07) is 8.74. The first-order valence-corrected chi connectivity index (χ1v) is 13.0. The lowest BCUT2D eigenvalue weighted by atomic mass is 9.49. The summed E-state index contributed by atoms with van der Waals surface area (Å²) >= 11 is 1.15. The quantitative estimate of drug-likeness (QED) is 0.189. The van der Waals surface area contributed by atoms with Gasteiger partial charge in [-0.25, -0.2) is 4.98 Å². The Morgan fingerprint density at radius 2 is 1.95 bits per heavy atom. The van der Waals surface area contributed by atoms with Crippen molar-refractivity contribution in [1.29, 1.82) is 5.26 Å². The van der Waals surface area contributed by atoms with Crippen molar-refractivity contribution < 1.29 is 19.1 Å². The van der Waals surface area contributed by atoms with Gasteiger partial charge in [-0.1, -0.05) is 6.07 Å². The molecule has 1 aliphatic carbocycles. The molecule has 0 unspecified atom stereocenters. The second-order valence-corrected chi connectivity index (χ2v) is 10.9. The van der Waals surface area contributed by atoms with E-state index < -0.39 is 17.1 Å². The Hall–Kier alpha value is -4.38. The second kappa shape index (κ2) is 11.6. The Bertz CT molecular complexity index is 1470. The zero-order valence-corrected chi connectivity index (χ0v) is 22.7. The van der Waals surface area contributed by atoms with Gasteiger partial charge in [0.15, 0.2) is 17.3 Å². The summed E-state index contributed by atoms with van der Waals surface area (Å²) in [5.41, 5.74) is 1.45. The number of nitriles is 1. The largest absolute Gasteiger partial charge is 0.494 e. The SMILES string of the molecule is BC(B)(B)NC(=O)c1nnc(NC(=O)C2CC2)cc1Nc1cccc(-c2ncc(C(=O)NCC#N)s2)c1OC. The smallest absolute Gasteiger partial charge is 0.272 e. The summed E-state index contributed by atoms with van der Waals surface area (Å²) < 4.78 is 5.71. The fourth-order valence-corrected chi connectivity index (χ4v) is 4.42. The lowest BCUT2D eigenvalue weighted by Gasteiger charge is -2.22. The van der Waals surface area contributed by atoms with E-state index in [0.717, 1.165) is 24.2 Å². The number of hydrogen-bond acceptors (Lipinski definition) is 10. The highest BCUT2D eigenvalue weighted by molar-refractivity contribution is 7.17. The zero-order valence-electron chi connectivity index (χ0n) is 21.9. The van der Waals surface area contributed by atoms with Gasteiger partial charge in [-0.2, -0.15) is 5.26 Å². The van der Waals surface area contributed by atoms with Crippen LogP contribution in [0.4, 0.5) is 17.2 Å². The van der Waals surface area contributed by atoms with E-state index in [9.17, 15) is 14.4 Å². The average molecular weight is 542 g/mol. The number of thiazole rings is 1. The van der Waals surface area contributed by atoms with E-state index >= 15 is 0 Å². The number of hydrogen-bond donors (Lipinski definition) is 4. The summed E-state index contributed by atoms with van der Waals surface area (Å²) in [5.74, 6) is -0.385. The van der Waals surface area contributed by atoms with Gasteiger partial charge in [0.2, 0.25) is 5.91 Å². The van der Waals surface area contributed by atoms with Crippen LogP contribution in [0.1, 0.15) is 33.0 Å². The number of methoxy groups -OCH3 is 1. The lowest BCUT2D eigenvalue weighted by molar-refractivity contribution is -0.117. The second-order valence-electron chi connectivity index (χ2n) is 9.84. The van der Waals surface area contributed by atoms with Crippen LogP contribution in [-0.2, 0) is 4.79 Å². The van der Waals surface area contributed by atoms with Crippen molar-refractivity contribution >= 4 is 69.8 Å². The predicted molar refractivity (Wildman–Crippen MR) is 155 cm³/mol. The molecule has 1 aliphatic rings. The van der Waals surface area contributed by atoms with Gasteiger partial charge in [-0.15, -0.1) is 21.5 Å². The van der Waals surface area contributed by atoms with Crippen molar-refractivity contribution in [3.63, 3.8) is 0 Å². The van der Waals surface area contributed by atoms with E-state index in [2.05, 4.69) is 36.4 Å². The molecule has 4 N–H and O–H groups in total. The van der Waals surface area contributed by atoms with Gasteiger partial charge in [-0.05, 0) is 30.2 Å². The summed E-state index contributed by atoms with van der Waals surface area (Å²) in [5, 5.41) is 28.2. The molecule has 39 heavy (non-hydrogen) atoms. The highest BCUT2D eigenvalue weighted by Crippen LogP contribution is 2.40. The van der Waals surface area contributed by atoms with Crippen LogP contribution in [0.3, 0.4) is 0 Å². The maximum absolute atomic E-state index is 13.1. The number of benzene rings is 1. The van der Waals surface area contributed by atoms with Crippen molar-refractivity contribution in [2.45, 2.75) is 18.1 Å². The van der Waals surface area contributed by atoms with Gasteiger partial charge in [-0.3, -0.25) is 14.4 Å². The van der Waals surface area contributed by atoms with E-state index in [1.807, 2.05) is 29.6 Å². The molecule has 3 aromatic rings. The summed E-state index contributed by atoms with van der Waals surface area (Å²) in [4.78, 5) is 42.3. The maximum Gasteiger partial charge on any atom is 0.272 e. The Balaban J connectivity index is 1.69. The topological polar surface area (TPSA) is 171 Å². The minimum Gasteiger partial charge on any atom is -0.494 e. The van der Waals surface area contributed by atoms with E-state index in [4.69, 9.17) is 10.00 Å². The fraction of sp³-hybridized carbons (Fsp3) is 0.261. The molecule has 2 heterocycles. The number of carbonyl (C=O) groups excluding carboxylic acids is 3. The fourth-order valence-electron chi connectivity index (χ4n) is 3.57. The first-order chi connectivity index (χ1) is 18.6. The van der Waals surface area contributed by atoms with Gasteiger partial charge < -0.3 is 26.0 Å². The summed E-state index contributed by atoms with van der Waals surface area (Å²) in [6.07, 6.45) is 3.10. The van der Waals surface area contributed by atoms with Gasteiger partial charge in [0.05, 0.1) is 36.3 Å². The molecular weight excluding hydrogens is 517 g/mol. The minimum absolute atomic E-state index is 0.0333. The number of rotatable bonds is 10. The standard InChI is InChI=1S/C23H25B3N8O4S/c1-38-18-12(22-29-10-15(39-22)20(36)28-8-7-27)3-2-4-13(18)30-14-9-16(31-19(35)11-5-6-11)33-34-17(14)21(37)32-23(24,25)26/h2-4,9-11H,5-6,8,24-26H2,1H3,(H,28,36)(H,32,37)(H2,30,31,33,35). The maximum atomic E-state index is 13.1. The molecule has 1 saturated carbocycles. The third-order valence-electron chi connectivity index (χ3n) is 5.47. The number of anilines is 3. The van der Waals surface area contributed by atoms with E-state index in [0.29, 0.717) is 32.6 Å². The van der Waals surface area contributed by atoms with Crippen LogP contribution in [0.5, 0.6) is 5.75 Å². The van der Waals surface area contributed by atoms with Crippen molar-refractivity contribution in [3.05, 3.63) is 41.0 Å². The molecule has 0 aliphatic heterocycles. The molecule has 4 rings (SSSR count). The Morgan fingerprint density at radius 3 is 2.62 bits per heavy atom. The average Bonchev–Trinajstić information content (AvgIpc) is 3.63. The zero-order chi connectivity index (χ0) is 28.2. The number of nitrogens with zero attached hydrogens (tertiary/aromatic N) is 4. The third-order valence-corrected chi connectivity index (χ3v) is 6.50. The molecule has 2 aromatic heterocycles. The van der Waals surface area contributed by atoms with E-state index in [-0.39, 0.29) is 29.9 Å². The highest BCUT2D eigenvalue weighted by atomic mass is 32.1. The summed E-state index contributed by atoms with van der Waals surface area (Å²) in [7, 11) is 7.05. The van der Waals surface area contributed by atoms with Crippen molar-refractivity contribution in [2.75, 3.05) is 24.3 Å². The van der Waals surface area contributed by atoms with Crippen LogP contribution in [0.2, 0.25) is 0 Å². The van der Waals surface area contributed by atoms with Gasteiger partial charge in [0, 0.05) is 12.0 Å². The monoisotopic (exact) mass is 542 g/mol. The molecule has 196 valence electrons. The van der Waals surface area contributed by atoms with Crippen molar-refractivity contribution in [2.24, 2.45) is 5.92 Å². The number of nitrogens with one attached hydrogen (secondary N) is 4. The van der Waals surface area contributed by atoms with Crippen LogP contribution in [0.15, 0.2) is 30.5 Å². The molecule has 12 nitrogen and oxygen atoms in total. The van der Waals surface area contributed by atoms with Crippen molar-refractivity contribution in [1.82, 2.24) is 25.8 Å². The molecule has 0 bridgehead atoms. The molecular formula is C23H25B3N8O4S. The molecule has 0 spiro atoms. The normalized spacial score (nSPS) is 12.6. The van der Waals surface area contributed by atoms with E-state index in [1.165, 1.54) is 13.3 Å². The number of para-hydroxylation sites is 1. The molecule has 3 amide bonds. The van der Waals surface area contributed by atoms with Crippen LogP contribution < -0.4 is 26.0 Å².